The molecule has 128 valence electrons. The fourth-order valence-electron chi connectivity index (χ4n) is 1.81. The van der Waals surface area contributed by atoms with Crippen molar-refractivity contribution in [2.24, 2.45) is 0 Å². The SMILES string of the molecule is O=C(/C=C/c1cccc([N+](=O)[O-])c1)NC(=S)Nc1ccc(I)cc1Cl. The molecule has 2 aromatic carbocycles. The van der Waals surface area contributed by atoms with Crippen LogP contribution in [-0.4, -0.2) is 15.9 Å². The molecule has 0 atom stereocenters. The number of nitrogens with zero attached hydrogens (tertiary/aromatic N) is 1. The van der Waals surface area contributed by atoms with Gasteiger partial charge >= 0.3 is 0 Å². The number of nitrogens with one attached hydrogen (secondary N) is 2. The molecule has 0 saturated carbocycles. The third-order valence-corrected chi connectivity index (χ3v) is 4.11. The maximum atomic E-state index is 11.9. The number of halogens is 2. The van der Waals surface area contributed by atoms with Gasteiger partial charge in [0.1, 0.15) is 0 Å². The predicted molar refractivity (Wildman–Crippen MR) is 111 cm³/mol. The first kappa shape index (κ1) is 19.3. The van der Waals surface area contributed by atoms with E-state index in [0.29, 0.717) is 16.3 Å². The number of carbonyl (C=O) groups excluding carboxylic acids is 1. The molecule has 0 aliphatic rings. The Morgan fingerprint density at radius 1 is 1.28 bits per heavy atom. The van der Waals surface area contributed by atoms with Crippen molar-refractivity contribution >= 4 is 74.9 Å². The van der Waals surface area contributed by atoms with Crippen LogP contribution < -0.4 is 10.6 Å². The fraction of sp³-hybridized carbons (Fsp3) is 0. The number of rotatable bonds is 4. The van der Waals surface area contributed by atoms with Crippen LogP contribution in [0.2, 0.25) is 5.02 Å². The second kappa shape index (κ2) is 8.88. The summed E-state index contributed by atoms with van der Waals surface area (Å²) in [5.41, 5.74) is 1.06. The van der Waals surface area contributed by atoms with Gasteiger partial charge in [-0.3, -0.25) is 20.2 Å². The van der Waals surface area contributed by atoms with Gasteiger partial charge in [-0.2, -0.15) is 0 Å². The molecular weight excluding hydrogens is 477 g/mol. The Morgan fingerprint density at radius 2 is 2.04 bits per heavy atom. The largest absolute Gasteiger partial charge is 0.331 e. The lowest BCUT2D eigenvalue weighted by atomic mass is 10.2. The van der Waals surface area contributed by atoms with E-state index in [1.165, 1.54) is 24.3 Å². The Kier molecular flexibility index (Phi) is 6.85. The number of nitro benzene ring substituents is 1. The lowest BCUT2D eigenvalue weighted by molar-refractivity contribution is -0.384. The lowest BCUT2D eigenvalue weighted by Gasteiger charge is -2.09. The second-order valence-corrected chi connectivity index (χ2v) is 6.81. The van der Waals surface area contributed by atoms with E-state index in [0.717, 1.165) is 3.57 Å². The number of carbonyl (C=O) groups is 1. The molecule has 0 spiro atoms. The first-order valence-corrected chi connectivity index (χ1v) is 8.71. The van der Waals surface area contributed by atoms with Crippen molar-refractivity contribution in [3.05, 3.63) is 72.8 Å². The van der Waals surface area contributed by atoms with Gasteiger partial charge in [0.2, 0.25) is 5.91 Å². The number of hydrogen-bond donors (Lipinski definition) is 2. The highest BCUT2D eigenvalue weighted by atomic mass is 127. The average Bonchev–Trinajstić information content (AvgIpc) is 2.56. The number of anilines is 1. The molecule has 0 aromatic heterocycles. The number of non-ortho nitro benzene ring substituents is 1. The standard InChI is InChI=1S/C16H11ClIN3O3S/c17-13-9-11(18)5-6-14(13)19-16(25)20-15(22)7-4-10-2-1-3-12(8-10)21(23)24/h1-9H,(H2,19,20,22,25)/b7-4+. The normalized spacial score (nSPS) is 10.5. The molecule has 25 heavy (non-hydrogen) atoms. The van der Waals surface area contributed by atoms with Crippen LogP contribution in [0, 0.1) is 13.7 Å². The van der Waals surface area contributed by atoms with Crippen molar-refractivity contribution in [1.29, 1.82) is 0 Å². The van der Waals surface area contributed by atoms with E-state index in [4.69, 9.17) is 23.8 Å². The van der Waals surface area contributed by atoms with E-state index in [2.05, 4.69) is 33.2 Å². The van der Waals surface area contributed by atoms with Gasteiger partial charge in [-0.25, -0.2) is 0 Å². The van der Waals surface area contributed by atoms with Crippen LogP contribution in [0.5, 0.6) is 0 Å². The number of nitro groups is 1. The molecule has 2 rings (SSSR count). The van der Waals surface area contributed by atoms with E-state index in [1.54, 1.807) is 24.3 Å². The molecule has 0 aliphatic heterocycles. The van der Waals surface area contributed by atoms with Gasteiger partial charge in [0.25, 0.3) is 5.69 Å². The van der Waals surface area contributed by atoms with Gasteiger partial charge in [-0.05, 0) is 64.6 Å². The Balaban J connectivity index is 1.96. The van der Waals surface area contributed by atoms with Crippen LogP contribution in [0.25, 0.3) is 6.08 Å². The van der Waals surface area contributed by atoms with Crippen LogP contribution in [0.3, 0.4) is 0 Å². The van der Waals surface area contributed by atoms with E-state index in [-0.39, 0.29) is 10.8 Å². The summed E-state index contributed by atoms with van der Waals surface area (Å²) in [6.07, 6.45) is 2.70. The van der Waals surface area contributed by atoms with Crippen LogP contribution in [0.15, 0.2) is 48.5 Å². The Labute approximate surface area is 167 Å². The summed E-state index contributed by atoms with van der Waals surface area (Å²) in [4.78, 5) is 22.1. The van der Waals surface area contributed by atoms with Crippen LogP contribution >= 0.6 is 46.4 Å². The molecule has 0 unspecified atom stereocenters. The van der Waals surface area contributed by atoms with E-state index in [1.807, 2.05) is 6.07 Å². The van der Waals surface area contributed by atoms with Crippen LogP contribution in [0.4, 0.5) is 11.4 Å². The van der Waals surface area contributed by atoms with Gasteiger partial charge in [-0.1, -0.05) is 23.7 Å². The Hall–Kier alpha value is -2.04. The molecule has 9 heteroatoms. The summed E-state index contributed by atoms with van der Waals surface area (Å²) < 4.78 is 0.975. The van der Waals surface area contributed by atoms with Crippen molar-refractivity contribution in [3.63, 3.8) is 0 Å². The zero-order valence-electron chi connectivity index (χ0n) is 12.5. The third-order valence-electron chi connectivity index (χ3n) is 2.92. The molecular formula is C16H11ClIN3O3S. The highest BCUT2D eigenvalue weighted by molar-refractivity contribution is 14.1. The number of thiocarbonyl (C=S) groups is 1. The minimum atomic E-state index is -0.499. The zero-order valence-corrected chi connectivity index (χ0v) is 16.3. The van der Waals surface area contributed by atoms with Crippen molar-refractivity contribution in [3.8, 4) is 0 Å². The summed E-state index contributed by atoms with van der Waals surface area (Å²) in [6, 6.07) is 11.3. The molecule has 0 aliphatic carbocycles. The maximum Gasteiger partial charge on any atom is 0.270 e. The topological polar surface area (TPSA) is 84.3 Å². The molecule has 1 amide bonds. The Morgan fingerprint density at radius 3 is 2.72 bits per heavy atom. The molecule has 6 nitrogen and oxygen atoms in total. The smallest absolute Gasteiger partial charge is 0.270 e. The summed E-state index contributed by atoms with van der Waals surface area (Å²) in [7, 11) is 0. The third kappa shape index (κ3) is 6.07. The van der Waals surface area contributed by atoms with Crippen LogP contribution in [-0.2, 0) is 4.79 Å². The maximum absolute atomic E-state index is 11.9. The van der Waals surface area contributed by atoms with Crippen molar-refractivity contribution in [2.45, 2.75) is 0 Å². The monoisotopic (exact) mass is 487 g/mol. The molecule has 2 aromatic rings. The number of amides is 1. The van der Waals surface area contributed by atoms with Gasteiger partial charge in [-0.15, -0.1) is 0 Å². The first-order chi connectivity index (χ1) is 11.8. The predicted octanol–water partition coefficient (Wildman–Crippen LogP) is 4.38. The number of hydrogen-bond acceptors (Lipinski definition) is 4. The van der Waals surface area contributed by atoms with Gasteiger partial charge < -0.3 is 5.32 Å². The quantitative estimate of drug-likeness (QED) is 0.220. The molecule has 0 fully saturated rings. The van der Waals surface area contributed by atoms with E-state index in [9.17, 15) is 14.9 Å². The van der Waals surface area contributed by atoms with Gasteiger partial charge in [0.05, 0.1) is 15.6 Å². The summed E-state index contributed by atoms with van der Waals surface area (Å²) in [6.45, 7) is 0. The van der Waals surface area contributed by atoms with Crippen LogP contribution in [0.1, 0.15) is 5.56 Å². The van der Waals surface area contributed by atoms with Crippen molar-refractivity contribution in [1.82, 2.24) is 5.32 Å². The highest BCUT2D eigenvalue weighted by Crippen LogP contribution is 2.23. The molecule has 0 bridgehead atoms. The van der Waals surface area contributed by atoms with Gasteiger partial charge in [0, 0.05) is 21.8 Å². The van der Waals surface area contributed by atoms with E-state index < -0.39 is 10.8 Å². The summed E-state index contributed by atoms with van der Waals surface area (Å²) in [5.74, 6) is -0.467. The van der Waals surface area contributed by atoms with Gasteiger partial charge in [0.15, 0.2) is 5.11 Å². The summed E-state index contributed by atoms with van der Waals surface area (Å²) in [5, 5.41) is 16.6. The number of benzene rings is 2. The summed E-state index contributed by atoms with van der Waals surface area (Å²) >= 11 is 13.3. The first-order valence-electron chi connectivity index (χ1n) is 6.85. The van der Waals surface area contributed by atoms with Crippen molar-refractivity contribution in [2.75, 3.05) is 5.32 Å². The lowest BCUT2D eigenvalue weighted by Crippen LogP contribution is -2.32. The fourth-order valence-corrected chi connectivity index (χ4v) is 2.93. The minimum absolute atomic E-state index is 0.0481. The average molecular weight is 488 g/mol. The zero-order chi connectivity index (χ0) is 18.4. The minimum Gasteiger partial charge on any atom is -0.331 e. The molecule has 0 radical (unpaired) electrons. The molecule has 0 saturated heterocycles. The van der Waals surface area contributed by atoms with Crippen molar-refractivity contribution < 1.29 is 9.72 Å². The Bertz CT molecular complexity index is 873. The molecule has 0 heterocycles. The second-order valence-electron chi connectivity index (χ2n) is 4.75. The van der Waals surface area contributed by atoms with E-state index >= 15 is 0 Å². The highest BCUT2D eigenvalue weighted by Gasteiger charge is 2.06. The molecule has 2 N–H and O–H groups in total.